The number of nitriles is 1. The maximum absolute atomic E-state index is 11.0. The summed E-state index contributed by atoms with van der Waals surface area (Å²) in [6.45, 7) is 0.316. The summed E-state index contributed by atoms with van der Waals surface area (Å²) in [6, 6.07) is 2.11. The summed E-state index contributed by atoms with van der Waals surface area (Å²) in [5.74, 6) is 0.0215. The molecule has 0 spiro atoms. The minimum atomic E-state index is -0.254. The molecule has 1 fully saturated rings. The quantitative estimate of drug-likeness (QED) is 0.496. The van der Waals surface area contributed by atoms with Crippen molar-refractivity contribution in [3.05, 3.63) is 0 Å². The summed E-state index contributed by atoms with van der Waals surface area (Å²) < 4.78 is 4.82. The fourth-order valence-corrected chi connectivity index (χ4v) is 1.15. The van der Waals surface area contributed by atoms with Gasteiger partial charge in [0, 0.05) is 19.4 Å². The summed E-state index contributed by atoms with van der Waals surface area (Å²) >= 11 is 0. The molecule has 1 aliphatic carbocycles. The van der Waals surface area contributed by atoms with E-state index < -0.39 is 0 Å². The van der Waals surface area contributed by atoms with Gasteiger partial charge in [0.05, 0.1) is 18.6 Å². The topological polar surface area (TPSA) is 70.3 Å². The van der Waals surface area contributed by atoms with E-state index in [2.05, 4.69) is 6.07 Å². The molecule has 72 valence electrons. The molecule has 0 radical (unpaired) electrons. The van der Waals surface area contributed by atoms with Gasteiger partial charge in [-0.3, -0.25) is 4.79 Å². The molecule has 0 aliphatic heterocycles. The van der Waals surface area contributed by atoms with Gasteiger partial charge in [0.25, 0.3) is 0 Å². The molecule has 4 nitrogen and oxygen atoms in total. The van der Waals surface area contributed by atoms with E-state index in [0.717, 1.165) is 6.42 Å². The van der Waals surface area contributed by atoms with Crippen LogP contribution in [0.3, 0.4) is 0 Å². The van der Waals surface area contributed by atoms with Crippen LogP contribution in [0.1, 0.15) is 19.3 Å². The van der Waals surface area contributed by atoms with Gasteiger partial charge in [-0.1, -0.05) is 0 Å². The molecule has 2 atom stereocenters. The summed E-state index contributed by atoms with van der Waals surface area (Å²) in [4.78, 5) is 11.0. The number of nitrogens with zero attached hydrogens (tertiary/aromatic N) is 1. The van der Waals surface area contributed by atoms with Crippen molar-refractivity contribution >= 4 is 5.97 Å². The van der Waals surface area contributed by atoms with E-state index in [1.807, 2.05) is 0 Å². The second-order valence-electron chi connectivity index (χ2n) is 3.23. The predicted molar refractivity (Wildman–Crippen MR) is 44.5 cm³/mol. The average Bonchev–Trinajstić information content (AvgIpc) is 2.84. The number of aliphatic hydroxyl groups is 1. The lowest BCUT2D eigenvalue weighted by molar-refractivity contribution is -0.144. The summed E-state index contributed by atoms with van der Waals surface area (Å²) in [6.07, 6.45) is 1.66. The Labute approximate surface area is 77.1 Å². The number of aliphatic hydroxyl groups excluding tert-OH is 1. The van der Waals surface area contributed by atoms with Crippen molar-refractivity contribution < 1.29 is 14.6 Å². The molecule has 0 aromatic heterocycles. The Kier molecular flexibility index (Phi) is 3.71. The van der Waals surface area contributed by atoms with Crippen molar-refractivity contribution in [2.24, 2.45) is 11.8 Å². The number of rotatable bonds is 5. The first kappa shape index (κ1) is 10.0. The third kappa shape index (κ3) is 3.43. The predicted octanol–water partition coefficient (Wildman–Crippen LogP) is 0.462. The Morgan fingerprint density at radius 2 is 2.46 bits per heavy atom. The zero-order valence-corrected chi connectivity index (χ0v) is 7.40. The molecular formula is C9H13NO3. The molecular weight excluding hydrogens is 170 g/mol. The van der Waals surface area contributed by atoms with Crippen LogP contribution in [0, 0.1) is 23.2 Å². The lowest BCUT2D eigenvalue weighted by Gasteiger charge is -2.01. The van der Waals surface area contributed by atoms with Gasteiger partial charge >= 0.3 is 5.97 Å². The molecule has 0 heterocycles. The van der Waals surface area contributed by atoms with Crippen LogP contribution in [0.15, 0.2) is 0 Å². The number of carbonyl (C=O) groups excluding carboxylic acids is 1. The van der Waals surface area contributed by atoms with E-state index in [1.165, 1.54) is 0 Å². The third-order valence-corrected chi connectivity index (χ3v) is 2.08. The Morgan fingerprint density at radius 1 is 1.69 bits per heavy atom. The van der Waals surface area contributed by atoms with Gasteiger partial charge < -0.3 is 9.84 Å². The molecule has 0 aromatic rings. The lowest BCUT2D eigenvalue weighted by Crippen LogP contribution is -2.07. The SMILES string of the molecule is N#C[C@@H]1C[C@@H]1CC(=O)OCCCO. The number of hydrogen-bond donors (Lipinski definition) is 1. The van der Waals surface area contributed by atoms with Gasteiger partial charge in [-0.05, 0) is 12.3 Å². The third-order valence-electron chi connectivity index (χ3n) is 2.08. The highest BCUT2D eigenvalue weighted by molar-refractivity contribution is 5.70. The number of ether oxygens (including phenoxy) is 1. The summed E-state index contributed by atoms with van der Waals surface area (Å²) in [7, 11) is 0. The standard InChI is InChI=1S/C9H13NO3/c10-6-8-4-7(8)5-9(12)13-3-1-2-11/h7-8,11H,1-5H2/t7-,8+/m1/s1. The molecule has 0 amide bonds. The Morgan fingerprint density at radius 3 is 3.00 bits per heavy atom. The second kappa shape index (κ2) is 4.83. The highest BCUT2D eigenvalue weighted by Crippen LogP contribution is 2.40. The van der Waals surface area contributed by atoms with Crippen molar-refractivity contribution in [2.75, 3.05) is 13.2 Å². The first-order chi connectivity index (χ1) is 6.27. The largest absolute Gasteiger partial charge is 0.466 e. The van der Waals surface area contributed by atoms with Crippen LogP contribution in [0.4, 0.5) is 0 Å². The molecule has 0 saturated heterocycles. The van der Waals surface area contributed by atoms with Crippen LogP contribution in [0.2, 0.25) is 0 Å². The van der Waals surface area contributed by atoms with Gasteiger partial charge in [-0.15, -0.1) is 0 Å². The van der Waals surface area contributed by atoms with E-state index in [4.69, 9.17) is 15.1 Å². The van der Waals surface area contributed by atoms with Gasteiger partial charge in [0.2, 0.25) is 0 Å². The normalized spacial score (nSPS) is 24.9. The van der Waals surface area contributed by atoms with Crippen molar-refractivity contribution in [1.82, 2.24) is 0 Å². The summed E-state index contributed by atoms with van der Waals surface area (Å²) in [5.41, 5.74) is 0. The molecule has 4 heteroatoms. The van der Waals surface area contributed by atoms with Crippen molar-refractivity contribution in [2.45, 2.75) is 19.3 Å². The van der Waals surface area contributed by atoms with Crippen LogP contribution < -0.4 is 0 Å². The number of esters is 1. The molecule has 0 unspecified atom stereocenters. The highest BCUT2D eigenvalue weighted by atomic mass is 16.5. The minimum absolute atomic E-state index is 0.0392. The molecule has 1 N–H and O–H groups in total. The molecule has 0 bridgehead atoms. The van der Waals surface area contributed by atoms with Crippen LogP contribution in [0.25, 0.3) is 0 Å². The molecule has 1 aliphatic rings. The fraction of sp³-hybridized carbons (Fsp3) is 0.778. The van der Waals surface area contributed by atoms with E-state index in [1.54, 1.807) is 0 Å². The van der Waals surface area contributed by atoms with Crippen molar-refractivity contribution in [3.63, 3.8) is 0 Å². The molecule has 0 aromatic carbocycles. The average molecular weight is 183 g/mol. The van der Waals surface area contributed by atoms with Crippen LogP contribution in [-0.2, 0) is 9.53 Å². The number of carbonyl (C=O) groups is 1. The van der Waals surface area contributed by atoms with E-state index in [0.29, 0.717) is 12.8 Å². The lowest BCUT2D eigenvalue weighted by atomic mass is 10.2. The van der Waals surface area contributed by atoms with Crippen molar-refractivity contribution in [3.8, 4) is 6.07 Å². The zero-order valence-electron chi connectivity index (χ0n) is 7.40. The van der Waals surface area contributed by atoms with E-state index >= 15 is 0 Å². The van der Waals surface area contributed by atoms with Gasteiger partial charge in [0.1, 0.15) is 0 Å². The smallest absolute Gasteiger partial charge is 0.306 e. The van der Waals surface area contributed by atoms with Crippen LogP contribution >= 0.6 is 0 Å². The van der Waals surface area contributed by atoms with Gasteiger partial charge in [-0.25, -0.2) is 0 Å². The van der Waals surface area contributed by atoms with Crippen molar-refractivity contribution in [1.29, 1.82) is 5.26 Å². The van der Waals surface area contributed by atoms with Gasteiger partial charge in [-0.2, -0.15) is 5.26 Å². The van der Waals surface area contributed by atoms with Gasteiger partial charge in [0.15, 0.2) is 0 Å². The highest BCUT2D eigenvalue weighted by Gasteiger charge is 2.38. The molecule has 1 saturated carbocycles. The first-order valence-corrected chi connectivity index (χ1v) is 4.44. The Bertz CT molecular complexity index is 221. The first-order valence-electron chi connectivity index (χ1n) is 4.44. The van der Waals surface area contributed by atoms with Crippen LogP contribution in [-0.4, -0.2) is 24.3 Å². The molecule has 1 rings (SSSR count). The fourth-order valence-electron chi connectivity index (χ4n) is 1.15. The maximum Gasteiger partial charge on any atom is 0.306 e. The second-order valence-corrected chi connectivity index (χ2v) is 3.23. The minimum Gasteiger partial charge on any atom is -0.466 e. The Balaban J connectivity index is 2.03. The maximum atomic E-state index is 11.0. The zero-order chi connectivity index (χ0) is 9.68. The molecule has 13 heavy (non-hydrogen) atoms. The Hall–Kier alpha value is -1.08. The number of hydrogen-bond acceptors (Lipinski definition) is 4. The van der Waals surface area contributed by atoms with Crippen LogP contribution in [0.5, 0.6) is 0 Å². The van der Waals surface area contributed by atoms with E-state index in [9.17, 15) is 4.79 Å². The van der Waals surface area contributed by atoms with E-state index in [-0.39, 0.29) is 31.0 Å². The summed E-state index contributed by atoms with van der Waals surface area (Å²) in [5, 5.41) is 16.9. The monoisotopic (exact) mass is 183 g/mol.